The van der Waals surface area contributed by atoms with Crippen LogP contribution in [0, 0.1) is 0 Å². The first-order chi connectivity index (χ1) is 11.9. The number of hydrogen-bond acceptors (Lipinski definition) is 5. The molecule has 1 aromatic carbocycles. The molecule has 3 rings (SSSR count). The molecule has 0 aliphatic carbocycles. The highest BCUT2D eigenvalue weighted by Crippen LogP contribution is 2.43. The van der Waals surface area contributed by atoms with Crippen LogP contribution in [0.3, 0.4) is 0 Å². The van der Waals surface area contributed by atoms with E-state index in [2.05, 4.69) is 20.9 Å². The van der Waals surface area contributed by atoms with E-state index in [1.54, 1.807) is 18.2 Å². The molecule has 1 aromatic heterocycles. The van der Waals surface area contributed by atoms with E-state index in [4.69, 9.17) is 21.4 Å². The summed E-state index contributed by atoms with van der Waals surface area (Å²) in [6.07, 6.45) is -0.573. The number of amides is 1. The van der Waals surface area contributed by atoms with Gasteiger partial charge in [0, 0.05) is 23.6 Å². The summed E-state index contributed by atoms with van der Waals surface area (Å²) >= 11 is 10.8. The Morgan fingerprint density at radius 3 is 2.88 bits per heavy atom. The van der Waals surface area contributed by atoms with Gasteiger partial charge in [0.05, 0.1) is 10.6 Å². The van der Waals surface area contributed by atoms with E-state index < -0.39 is 24.7 Å². The Bertz CT molecular complexity index is 843. The Morgan fingerprint density at radius 1 is 1.44 bits per heavy atom. The fourth-order valence-corrected chi connectivity index (χ4v) is 4.63. The summed E-state index contributed by atoms with van der Waals surface area (Å²) in [6, 6.07) is 4.06. The molecule has 0 bridgehead atoms. The van der Waals surface area contributed by atoms with Crippen LogP contribution in [-0.4, -0.2) is 45.3 Å². The third kappa shape index (κ3) is 3.73. The molecule has 0 spiro atoms. The van der Waals surface area contributed by atoms with Gasteiger partial charge in [-0.1, -0.05) is 11.6 Å². The molecule has 0 saturated heterocycles. The lowest BCUT2D eigenvalue weighted by Gasteiger charge is -2.34. The Hall–Kier alpha value is -1.84. The molecule has 2 heterocycles. The zero-order valence-corrected chi connectivity index (χ0v) is 15.8. The van der Waals surface area contributed by atoms with Gasteiger partial charge in [-0.05, 0) is 34.1 Å². The van der Waals surface area contributed by atoms with Crippen molar-refractivity contribution in [3.8, 4) is 5.75 Å². The van der Waals surface area contributed by atoms with Crippen molar-refractivity contribution < 1.29 is 24.5 Å². The zero-order chi connectivity index (χ0) is 18.1. The number of thiazole rings is 1. The van der Waals surface area contributed by atoms with Crippen LogP contribution in [0.25, 0.3) is 0 Å². The van der Waals surface area contributed by atoms with Crippen molar-refractivity contribution in [1.29, 1.82) is 0 Å². The van der Waals surface area contributed by atoms with E-state index in [1.807, 2.05) is 0 Å². The van der Waals surface area contributed by atoms with Crippen molar-refractivity contribution >= 4 is 50.9 Å². The van der Waals surface area contributed by atoms with Crippen LogP contribution < -0.4 is 4.74 Å². The second kappa shape index (κ2) is 7.19. The Morgan fingerprint density at radius 2 is 2.20 bits per heavy atom. The molecule has 1 amide bonds. The van der Waals surface area contributed by atoms with E-state index in [1.165, 1.54) is 16.2 Å². The summed E-state index contributed by atoms with van der Waals surface area (Å²) < 4.78 is 6.01. The lowest BCUT2D eigenvalue weighted by Crippen LogP contribution is -2.39. The number of benzene rings is 1. The van der Waals surface area contributed by atoms with Gasteiger partial charge in [-0.2, -0.15) is 0 Å². The molecule has 0 radical (unpaired) electrons. The number of aliphatic carboxylic acids is 1. The predicted octanol–water partition coefficient (Wildman–Crippen LogP) is 3.65. The first-order valence-electron chi connectivity index (χ1n) is 7.15. The molecule has 2 aromatic rings. The molecule has 0 saturated carbocycles. The van der Waals surface area contributed by atoms with Gasteiger partial charge in [0.1, 0.15) is 11.8 Å². The van der Waals surface area contributed by atoms with E-state index in [9.17, 15) is 14.7 Å². The molecule has 132 valence electrons. The minimum Gasteiger partial charge on any atom is -0.482 e. The molecular formula is C15H12BrClN2O5S. The van der Waals surface area contributed by atoms with Crippen LogP contribution in [-0.2, 0) is 11.2 Å². The molecule has 1 aliphatic heterocycles. The molecular weight excluding hydrogens is 436 g/mol. The highest BCUT2D eigenvalue weighted by Gasteiger charge is 2.36. The molecule has 25 heavy (non-hydrogen) atoms. The highest BCUT2D eigenvalue weighted by molar-refractivity contribution is 9.11. The normalized spacial score (nSPS) is 16.4. The van der Waals surface area contributed by atoms with E-state index in [-0.39, 0.29) is 12.3 Å². The monoisotopic (exact) mass is 446 g/mol. The molecule has 2 N–H and O–H groups in total. The number of rotatable bonds is 4. The Labute approximate surface area is 159 Å². The summed E-state index contributed by atoms with van der Waals surface area (Å²) in [6.45, 7) is -0.262. The summed E-state index contributed by atoms with van der Waals surface area (Å²) in [5, 5.41) is 18.9. The van der Waals surface area contributed by atoms with E-state index >= 15 is 0 Å². The topological polar surface area (TPSA) is 100.0 Å². The first kappa shape index (κ1) is 18.0. The van der Waals surface area contributed by atoms with Crippen LogP contribution in [0.1, 0.15) is 22.2 Å². The maximum absolute atomic E-state index is 11.7. The van der Waals surface area contributed by atoms with Crippen molar-refractivity contribution in [2.24, 2.45) is 0 Å². The van der Waals surface area contributed by atoms with Crippen molar-refractivity contribution in [3.63, 3.8) is 0 Å². The lowest BCUT2D eigenvalue weighted by molar-refractivity contribution is -0.139. The van der Waals surface area contributed by atoms with Gasteiger partial charge in [-0.3, -0.25) is 4.90 Å². The molecule has 1 atom stereocenters. The van der Waals surface area contributed by atoms with Crippen LogP contribution in [0.15, 0.2) is 22.1 Å². The number of aromatic nitrogens is 1. The highest BCUT2D eigenvalue weighted by atomic mass is 79.9. The first-order valence-corrected chi connectivity index (χ1v) is 9.14. The largest absolute Gasteiger partial charge is 0.482 e. The number of halogens is 2. The Kier molecular flexibility index (Phi) is 5.16. The molecule has 1 aliphatic rings. The van der Waals surface area contributed by atoms with Gasteiger partial charge in [0.25, 0.3) is 0 Å². The average molecular weight is 448 g/mol. The van der Waals surface area contributed by atoms with Crippen molar-refractivity contribution in [3.05, 3.63) is 43.3 Å². The SMILES string of the molecule is O=C(O)COc1ccc(Cl)cc1C1c2sc(Br)nc2CCN1C(=O)O. The van der Waals surface area contributed by atoms with Crippen molar-refractivity contribution in [1.82, 2.24) is 9.88 Å². The maximum atomic E-state index is 11.7. The van der Waals surface area contributed by atoms with Crippen LogP contribution in [0.5, 0.6) is 5.75 Å². The smallest absolute Gasteiger partial charge is 0.408 e. The fourth-order valence-electron chi connectivity index (χ4n) is 2.74. The summed E-state index contributed by atoms with van der Waals surface area (Å²) in [5.41, 5.74) is 1.30. The third-order valence-corrected chi connectivity index (χ3v) is 5.55. The van der Waals surface area contributed by atoms with Gasteiger partial charge >= 0.3 is 12.1 Å². The fraction of sp³-hybridized carbons (Fsp3) is 0.267. The average Bonchev–Trinajstić information content (AvgIpc) is 2.92. The number of carboxylic acids is 1. The quantitative estimate of drug-likeness (QED) is 0.742. The van der Waals surface area contributed by atoms with Gasteiger partial charge < -0.3 is 14.9 Å². The number of hydrogen-bond donors (Lipinski definition) is 2. The van der Waals surface area contributed by atoms with Gasteiger partial charge in [-0.25, -0.2) is 14.6 Å². The van der Waals surface area contributed by atoms with Crippen molar-refractivity contribution in [2.45, 2.75) is 12.5 Å². The third-order valence-electron chi connectivity index (χ3n) is 3.71. The predicted molar refractivity (Wildman–Crippen MR) is 94.7 cm³/mol. The molecule has 7 nitrogen and oxygen atoms in total. The number of ether oxygens (including phenoxy) is 1. The number of carboxylic acid groups (broad SMARTS) is 2. The Balaban J connectivity index is 2.12. The summed E-state index contributed by atoms with van der Waals surface area (Å²) in [7, 11) is 0. The van der Waals surface area contributed by atoms with Crippen LogP contribution in [0.2, 0.25) is 5.02 Å². The number of carbonyl (C=O) groups is 2. The van der Waals surface area contributed by atoms with Gasteiger partial charge in [0.2, 0.25) is 0 Å². The maximum Gasteiger partial charge on any atom is 0.408 e. The van der Waals surface area contributed by atoms with Gasteiger partial charge in [0.15, 0.2) is 10.5 Å². The minimum absolute atomic E-state index is 0.272. The number of nitrogens with zero attached hydrogens (tertiary/aromatic N) is 2. The molecule has 10 heteroatoms. The standard InChI is InChI=1S/C15H12BrClN2O5S/c16-14-18-9-3-4-19(15(22)23)12(13(9)25-14)8-5-7(17)1-2-10(8)24-6-11(20)21/h1-2,5,12H,3-4,6H2,(H,20,21)(H,22,23). The van der Waals surface area contributed by atoms with Crippen molar-refractivity contribution in [2.75, 3.05) is 13.2 Å². The summed E-state index contributed by atoms with van der Waals surface area (Å²) in [5.74, 6) is -0.846. The molecule has 1 unspecified atom stereocenters. The van der Waals surface area contributed by atoms with E-state index in [0.717, 1.165) is 10.6 Å². The van der Waals surface area contributed by atoms with Crippen LogP contribution in [0.4, 0.5) is 4.79 Å². The summed E-state index contributed by atoms with van der Waals surface area (Å²) in [4.78, 5) is 29.0. The number of fused-ring (bicyclic) bond motifs is 1. The van der Waals surface area contributed by atoms with E-state index in [0.29, 0.717) is 20.9 Å². The second-order valence-corrected chi connectivity index (χ2v) is 8.01. The van der Waals surface area contributed by atoms with Gasteiger partial charge in [-0.15, -0.1) is 11.3 Å². The zero-order valence-electron chi connectivity index (χ0n) is 12.6. The minimum atomic E-state index is -1.12. The second-order valence-electron chi connectivity index (χ2n) is 5.27. The molecule has 0 fully saturated rings. The lowest BCUT2D eigenvalue weighted by atomic mass is 9.97. The van der Waals surface area contributed by atoms with Crippen LogP contribution >= 0.6 is 38.9 Å².